The maximum atomic E-state index is 12.6. The van der Waals surface area contributed by atoms with Crippen LogP contribution in [0.3, 0.4) is 0 Å². The molecule has 1 amide bonds. The van der Waals surface area contributed by atoms with Crippen LogP contribution in [0.15, 0.2) is 53.5 Å². The molecule has 8 nitrogen and oxygen atoms in total. The van der Waals surface area contributed by atoms with Gasteiger partial charge in [0.25, 0.3) is 5.91 Å². The first kappa shape index (κ1) is 20.2. The van der Waals surface area contributed by atoms with Crippen molar-refractivity contribution in [3.05, 3.63) is 54.1 Å². The number of hydrogen-bond donors (Lipinski definition) is 2. The van der Waals surface area contributed by atoms with E-state index in [2.05, 4.69) is 20.5 Å². The minimum absolute atomic E-state index is 0.217. The van der Waals surface area contributed by atoms with E-state index in [1.54, 1.807) is 12.1 Å². The molecule has 0 spiro atoms. The highest BCUT2D eigenvalue weighted by atomic mass is 16.6. The molecule has 0 saturated carbocycles. The molecule has 4 rings (SSSR count). The van der Waals surface area contributed by atoms with Gasteiger partial charge in [-0.25, -0.2) is 0 Å². The standard InChI is InChI=1S/C22H26N4O4/c27-21(17-4-2-1-3-5-17)25-22(23-8-9-26-10-12-28-13-11-26)24-18-6-7-19-20(16-18)30-15-14-29-19/h1-7,16H,8-15H2,(H2,23,24,25,27). The van der Waals surface area contributed by atoms with E-state index in [-0.39, 0.29) is 5.91 Å². The van der Waals surface area contributed by atoms with Gasteiger partial charge in [-0.2, -0.15) is 0 Å². The molecular weight excluding hydrogens is 384 g/mol. The first-order valence-corrected chi connectivity index (χ1v) is 10.2. The number of carbonyl (C=O) groups excluding carboxylic acids is 1. The number of fused-ring (bicyclic) bond motifs is 1. The topological polar surface area (TPSA) is 84.4 Å². The smallest absolute Gasteiger partial charge is 0.257 e. The largest absolute Gasteiger partial charge is 0.486 e. The predicted molar refractivity (Wildman–Crippen MR) is 115 cm³/mol. The Kier molecular flexibility index (Phi) is 6.79. The number of benzene rings is 2. The first-order valence-electron chi connectivity index (χ1n) is 10.2. The summed E-state index contributed by atoms with van der Waals surface area (Å²) < 4.78 is 16.6. The van der Waals surface area contributed by atoms with Crippen molar-refractivity contribution in [1.29, 1.82) is 0 Å². The third-order valence-electron chi connectivity index (χ3n) is 4.86. The molecular formula is C22H26N4O4. The zero-order valence-corrected chi connectivity index (χ0v) is 16.8. The number of nitrogens with one attached hydrogen (secondary N) is 2. The van der Waals surface area contributed by atoms with E-state index >= 15 is 0 Å². The fourth-order valence-corrected chi connectivity index (χ4v) is 3.27. The van der Waals surface area contributed by atoms with E-state index in [0.29, 0.717) is 42.8 Å². The molecule has 2 aliphatic rings. The summed E-state index contributed by atoms with van der Waals surface area (Å²) in [6.45, 7) is 5.71. The van der Waals surface area contributed by atoms with Crippen LogP contribution in [-0.2, 0) is 4.74 Å². The molecule has 2 N–H and O–H groups in total. The van der Waals surface area contributed by atoms with Crippen LogP contribution in [0.5, 0.6) is 11.5 Å². The van der Waals surface area contributed by atoms with Gasteiger partial charge in [0.15, 0.2) is 11.5 Å². The monoisotopic (exact) mass is 410 g/mol. The lowest BCUT2D eigenvalue weighted by molar-refractivity contribution is 0.0394. The Morgan fingerprint density at radius 3 is 2.53 bits per heavy atom. The molecule has 2 aromatic carbocycles. The summed E-state index contributed by atoms with van der Waals surface area (Å²) in [6.07, 6.45) is 0. The van der Waals surface area contributed by atoms with Gasteiger partial charge >= 0.3 is 0 Å². The molecule has 0 aromatic heterocycles. The summed E-state index contributed by atoms with van der Waals surface area (Å²) in [6, 6.07) is 14.6. The number of guanidine groups is 1. The lowest BCUT2D eigenvalue weighted by atomic mass is 10.2. The second kappa shape index (κ2) is 10.1. The molecule has 1 saturated heterocycles. The Hall–Kier alpha value is -3.10. The second-order valence-electron chi connectivity index (χ2n) is 6.99. The summed E-state index contributed by atoms with van der Waals surface area (Å²) in [4.78, 5) is 19.5. The van der Waals surface area contributed by atoms with Crippen LogP contribution in [0.2, 0.25) is 0 Å². The molecule has 8 heteroatoms. The number of rotatable bonds is 5. The predicted octanol–water partition coefficient (Wildman–Crippen LogP) is 1.99. The van der Waals surface area contributed by atoms with E-state index in [1.165, 1.54) is 0 Å². The van der Waals surface area contributed by atoms with Gasteiger partial charge in [0.05, 0.1) is 19.8 Å². The van der Waals surface area contributed by atoms with E-state index < -0.39 is 0 Å². The Labute approximate surface area is 175 Å². The van der Waals surface area contributed by atoms with Crippen LogP contribution in [0.4, 0.5) is 5.69 Å². The molecule has 0 bridgehead atoms. The Morgan fingerprint density at radius 2 is 1.73 bits per heavy atom. The summed E-state index contributed by atoms with van der Waals surface area (Å²) >= 11 is 0. The summed E-state index contributed by atoms with van der Waals surface area (Å²) in [5, 5.41) is 6.09. The van der Waals surface area contributed by atoms with Crippen LogP contribution in [0.25, 0.3) is 0 Å². The van der Waals surface area contributed by atoms with Crippen molar-refractivity contribution in [3.63, 3.8) is 0 Å². The number of carbonyl (C=O) groups is 1. The minimum Gasteiger partial charge on any atom is -0.486 e. The number of anilines is 1. The van der Waals surface area contributed by atoms with Crippen LogP contribution >= 0.6 is 0 Å². The van der Waals surface area contributed by atoms with Gasteiger partial charge in [-0.3, -0.25) is 20.0 Å². The molecule has 1 fully saturated rings. The van der Waals surface area contributed by atoms with Gasteiger partial charge in [0.2, 0.25) is 5.96 Å². The van der Waals surface area contributed by atoms with Crippen molar-refractivity contribution in [3.8, 4) is 11.5 Å². The highest BCUT2D eigenvalue weighted by Crippen LogP contribution is 2.32. The SMILES string of the molecule is O=C(NC(=NCCN1CCOCC1)Nc1ccc2c(c1)OCCO2)c1ccccc1. The molecule has 0 atom stereocenters. The lowest BCUT2D eigenvalue weighted by Gasteiger charge is -2.25. The Bertz CT molecular complexity index is 882. The highest BCUT2D eigenvalue weighted by molar-refractivity contribution is 6.10. The van der Waals surface area contributed by atoms with Gasteiger partial charge in [-0.1, -0.05) is 18.2 Å². The Balaban J connectivity index is 1.45. The number of nitrogens with zero attached hydrogens (tertiary/aromatic N) is 2. The molecule has 158 valence electrons. The molecule has 30 heavy (non-hydrogen) atoms. The molecule has 0 radical (unpaired) electrons. The van der Waals surface area contributed by atoms with Crippen LogP contribution < -0.4 is 20.1 Å². The first-order chi connectivity index (χ1) is 14.8. The van der Waals surface area contributed by atoms with Gasteiger partial charge < -0.3 is 19.5 Å². The number of hydrogen-bond acceptors (Lipinski definition) is 6. The number of morpholine rings is 1. The number of aliphatic imine (C=N–C) groups is 1. The van der Waals surface area contributed by atoms with Crippen molar-refractivity contribution in [2.75, 3.05) is 57.9 Å². The van der Waals surface area contributed by atoms with Gasteiger partial charge in [0.1, 0.15) is 13.2 Å². The normalized spacial score (nSPS) is 16.7. The van der Waals surface area contributed by atoms with Crippen LogP contribution in [-0.4, -0.2) is 69.4 Å². The van der Waals surface area contributed by atoms with Crippen LogP contribution in [0.1, 0.15) is 10.4 Å². The second-order valence-corrected chi connectivity index (χ2v) is 6.99. The minimum atomic E-state index is -0.217. The van der Waals surface area contributed by atoms with Crippen LogP contribution in [0, 0.1) is 0 Å². The van der Waals surface area contributed by atoms with E-state index in [9.17, 15) is 4.79 Å². The number of ether oxygens (including phenoxy) is 3. The zero-order valence-electron chi connectivity index (χ0n) is 16.8. The van der Waals surface area contributed by atoms with Crippen molar-refractivity contribution in [2.45, 2.75) is 0 Å². The number of amides is 1. The highest BCUT2D eigenvalue weighted by Gasteiger charge is 2.14. The molecule has 0 aliphatic carbocycles. The Morgan fingerprint density at radius 1 is 0.967 bits per heavy atom. The van der Waals surface area contributed by atoms with E-state index in [4.69, 9.17) is 14.2 Å². The van der Waals surface area contributed by atoms with Gasteiger partial charge in [-0.05, 0) is 24.3 Å². The lowest BCUT2D eigenvalue weighted by Crippen LogP contribution is -2.39. The van der Waals surface area contributed by atoms with Gasteiger partial charge in [0, 0.05) is 37.0 Å². The average molecular weight is 410 g/mol. The quantitative estimate of drug-likeness (QED) is 0.579. The van der Waals surface area contributed by atoms with Crippen molar-refractivity contribution >= 4 is 17.6 Å². The van der Waals surface area contributed by atoms with Gasteiger partial charge in [-0.15, -0.1) is 0 Å². The summed E-state index contributed by atoms with van der Waals surface area (Å²) in [5.41, 5.74) is 1.33. The third-order valence-corrected chi connectivity index (χ3v) is 4.86. The van der Waals surface area contributed by atoms with E-state index in [0.717, 1.165) is 38.5 Å². The van der Waals surface area contributed by atoms with Crippen molar-refractivity contribution < 1.29 is 19.0 Å². The molecule has 2 aliphatic heterocycles. The molecule has 2 heterocycles. The summed E-state index contributed by atoms with van der Waals surface area (Å²) in [7, 11) is 0. The maximum absolute atomic E-state index is 12.6. The maximum Gasteiger partial charge on any atom is 0.257 e. The fraction of sp³-hybridized carbons (Fsp3) is 0.364. The molecule has 2 aromatic rings. The molecule has 0 unspecified atom stereocenters. The summed E-state index contributed by atoms with van der Waals surface area (Å²) in [5.74, 6) is 1.57. The zero-order chi connectivity index (χ0) is 20.6. The van der Waals surface area contributed by atoms with Crippen molar-refractivity contribution in [1.82, 2.24) is 10.2 Å². The average Bonchev–Trinajstić information content (AvgIpc) is 2.80. The fourth-order valence-electron chi connectivity index (χ4n) is 3.27. The van der Waals surface area contributed by atoms with Crippen molar-refractivity contribution in [2.24, 2.45) is 4.99 Å². The third kappa shape index (κ3) is 5.49. The van der Waals surface area contributed by atoms with E-state index in [1.807, 2.05) is 36.4 Å².